The van der Waals surface area contributed by atoms with E-state index in [0.717, 1.165) is 30.3 Å². The predicted octanol–water partition coefficient (Wildman–Crippen LogP) is -1.95. The molecule has 0 fully saturated rings. The van der Waals surface area contributed by atoms with Gasteiger partial charge in [-0.25, -0.2) is 4.79 Å². The number of aromatic hydroxyl groups is 5. The van der Waals surface area contributed by atoms with Crippen molar-refractivity contribution in [2.45, 2.75) is 55.3 Å². The summed E-state index contributed by atoms with van der Waals surface area (Å²) in [5, 5.41) is 141. The second-order valence-electron chi connectivity index (χ2n) is 12.4. The van der Waals surface area contributed by atoms with Crippen LogP contribution in [-0.4, -0.2) is 153 Å². The summed E-state index contributed by atoms with van der Waals surface area (Å²) in [5.41, 5.74) is 0.570. The number of hydrogen-bond acceptors (Lipinski definition) is 19. The Labute approximate surface area is 311 Å². The lowest BCUT2D eigenvalue weighted by molar-refractivity contribution is -0.151. The number of phenolic OH excluding ortho intramolecular Hbond substituents is 5. The summed E-state index contributed by atoms with van der Waals surface area (Å²) in [4.78, 5) is 12.1. The van der Waals surface area contributed by atoms with Gasteiger partial charge >= 0.3 is 5.97 Å². The number of fused-ring (bicyclic) bond motifs is 1. The normalized spacial score (nSPS) is 17.3. The van der Waals surface area contributed by atoms with Crippen molar-refractivity contribution in [2.24, 2.45) is 0 Å². The molecule has 8 atom stereocenters. The number of aliphatic hydroxyl groups excluding tert-OH is 9. The number of carbonyl (C=O) groups excluding carboxylic acids is 1. The molecule has 8 unspecified atom stereocenters. The van der Waals surface area contributed by atoms with Crippen LogP contribution in [0.3, 0.4) is 0 Å². The lowest BCUT2D eigenvalue weighted by Gasteiger charge is -2.29. The Balaban J connectivity index is 1.49. The maximum Gasteiger partial charge on any atom is 0.330 e. The Morgan fingerprint density at radius 1 is 0.691 bits per heavy atom. The SMILES string of the molecule is O=C(C=Cc1ccc(O)cc1)OCC(O)C(O)C(O)C(O)COC1=C(c2cc(O)c(O)c(O)c2)Oc2cc(O)cc(OCC(O)C(O)C(O)C(O)CO)c2C1. The third-order valence-corrected chi connectivity index (χ3v) is 8.29. The first-order chi connectivity index (χ1) is 26.0. The average molecular weight is 779 g/mol. The minimum Gasteiger partial charge on any atom is -0.508 e. The number of rotatable bonds is 18. The number of allylic oxidation sites excluding steroid dienone is 1. The fraction of sp³-hybridized carbons (Fsp3) is 0.361. The van der Waals surface area contributed by atoms with E-state index in [2.05, 4.69) is 0 Å². The van der Waals surface area contributed by atoms with Gasteiger partial charge in [0.05, 0.1) is 6.61 Å². The molecule has 1 aliphatic heterocycles. The number of phenols is 5. The van der Waals surface area contributed by atoms with Crippen LogP contribution in [0.4, 0.5) is 0 Å². The Bertz CT molecular complexity index is 1800. The first-order valence-electron chi connectivity index (χ1n) is 16.5. The van der Waals surface area contributed by atoms with Gasteiger partial charge in [-0.2, -0.15) is 0 Å². The van der Waals surface area contributed by atoms with E-state index < -0.39 is 104 Å². The lowest BCUT2D eigenvalue weighted by atomic mass is 10.0. The van der Waals surface area contributed by atoms with Gasteiger partial charge in [0.1, 0.15) is 97.4 Å². The fourth-order valence-corrected chi connectivity index (χ4v) is 5.12. The molecule has 0 spiro atoms. The van der Waals surface area contributed by atoms with Crippen LogP contribution in [-0.2, 0) is 20.7 Å². The van der Waals surface area contributed by atoms with Crippen LogP contribution in [0.15, 0.2) is 60.4 Å². The monoisotopic (exact) mass is 778 g/mol. The molecule has 0 amide bonds. The maximum absolute atomic E-state index is 12.1. The van der Waals surface area contributed by atoms with E-state index in [0.29, 0.717) is 5.56 Å². The van der Waals surface area contributed by atoms with E-state index in [-0.39, 0.29) is 46.3 Å². The number of carbonyl (C=O) groups is 1. The second-order valence-corrected chi connectivity index (χ2v) is 12.4. The summed E-state index contributed by atoms with van der Waals surface area (Å²) in [6.07, 6.45) is -13.5. The molecule has 0 saturated carbocycles. The van der Waals surface area contributed by atoms with Crippen molar-refractivity contribution in [3.8, 4) is 40.2 Å². The first kappa shape index (κ1) is 42.4. The number of ether oxygens (including phenoxy) is 4. The topological polar surface area (TPSA) is 337 Å². The van der Waals surface area contributed by atoms with Crippen LogP contribution in [0.1, 0.15) is 16.7 Å². The van der Waals surface area contributed by atoms with E-state index in [4.69, 9.17) is 24.1 Å². The predicted molar refractivity (Wildman–Crippen MR) is 185 cm³/mol. The summed E-state index contributed by atoms with van der Waals surface area (Å²) < 4.78 is 22.2. The third-order valence-electron chi connectivity index (χ3n) is 8.29. The molecule has 3 aromatic rings. The molecule has 0 saturated heterocycles. The molecule has 0 radical (unpaired) electrons. The molecule has 0 bridgehead atoms. The van der Waals surface area contributed by atoms with Gasteiger partial charge in [0, 0.05) is 35.8 Å². The Morgan fingerprint density at radius 2 is 1.24 bits per heavy atom. The molecule has 1 heterocycles. The summed E-state index contributed by atoms with van der Waals surface area (Å²) in [7, 11) is 0. The molecule has 55 heavy (non-hydrogen) atoms. The highest BCUT2D eigenvalue weighted by Crippen LogP contribution is 2.45. The zero-order chi connectivity index (χ0) is 40.6. The van der Waals surface area contributed by atoms with Crippen LogP contribution >= 0.6 is 0 Å². The number of esters is 1. The molecule has 300 valence electrons. The van der Waals surface area contributed by atoms with Crippen LogP contribution in [0.5, 0.6) is 40.2 Å². The van der Waals surface area contributed by atoms with Gasteiger partial charge in [0.15, 0.2) is 23.0 Å². The molecule has 0 aliphatic carbocycles. The second kappa shape index (κ2) is 18.8. The summed E-state index contributed by atoms with van der Waals surface area (Å²) >= 11 is 0. The van der Waals surface area contributed by atoms with Crippen molar-refractivity contribution in [1.82, 2.24) is 0 Å². The highest BCUT2D eigenvalue weighted by atomic mass is 16.5. The third kappa shape index (κ3) is 10.9. The molecule has 1 aliphatic rings. The standard InChI is InChI=1S/C36H42O19/c37-12-23(42)32(48)33(49)24(43)13-52-27-9-19(39)10-28-20(27)11-29(36(55-28)17-7-21(40)31(47)22(41)8-17)53-14-25(44)34(50)35(51)26(45)15-54-30(46)6-3-16-1-4-18(38)5-2-16/h1-10,23-26,32-35,37-45,47-51H,11-15H2. The van der Waals surface area contributed by atoms with Crippen molar-refractivity contribution in [3.63, 3.8) is 0 Å². The highest BCUT2D eigenvalue weighted by Gasteiger charge is 2.34. The maximum atomic E-state index is 12.1. The van der Waals surface area contributed by atoms with E-state index in [1.54, 1.807) is 0 Å². The van der Waals surface area contributed by atoms with Crippen molar-refractivity contribution >= 4 is 17.8 Å². The molecule has 19 nitrogen and oxygen atoms in total. The van der Waals surface area contributed by atoms with Crippen molar-refractivity contribution in [1.29, 1.82) is 0 Å². The zero-order valence-corrected chi connectivity index (χ0v) is 28.7. The van der Waals surface area contributed by atoms with Gasteiger partial charge in [0.2, 0.25) is 0 Å². The number of hydrogen-bond donors (Lipinski definition) is 14. The molecule has 14 N–H and O–H groups in total. The molecule has 4 rings (SSSR count). The Kier molecular flexibility index (Phi) is 14.5. The molecular formula is C36H42O19. The van der Waals surface area contributed by atoms with E-state index in [1.807, 2.05) is 0 Å². The van der Waals surface area contributed by atoms with Crippen LogP contribution in [0.25, 0.3) is 11.8 Å². The number of aliphatic hydroxyl groups is 9. The average Bonchev–Trinajstić information content (AvgIpc) is 3.17. The van der Waals surface area contributed by atoms with E-state index >= 15 is 0 Å². The fourth-order valence-electron chi connectivity index (χ4n) is 5.12. The van der Waals surface area contributed by atoms with Gasteiger partial charge in [-0.05, 0) is 35.9 Å². The number of benzene rings is 3. The summed E-state index contributed by atoms with van der Waals surface area (Å²) in [6, 6.07) is 10.0. The van der Waals surface area contributed by atoms with E-state index in [1.165, 1.54) is 30.3 Å². The lowest BCUT2D eigenvalue weighted by Crippen LogP contribution is -2.47. The van der Waals surface area contributed by atoms with Crippen LogP contribution < -0.4 is 9.47 Å². The molecule has 3 aromatic carbocycles. The summed E-state index contributed by atoms with van der Waals surface area (Å²) in [5.74, 6) is -4.44. The minimum atomic E-state index is -2.09. The van der Waals surface area contributed by atoms with Gasteiger partial charge in [0.25, 0.3) is 0 Å². The molecule has 19 heteroatoms. The van der Waals surface area contributed by atoms with Gasteiger partial charge < -0.3 is 90.4 Å². The first-order valence-corrected chi connectivity index (χ1v) is 16.5. The van der Waals surface area contributed by atoms with Crippen molar-refractivity contribution in [3.05, 3.63) is 77.1 Å². The van der Waals surface area contributed by atoms with Gasteiger partial charge in [-0.1, -0.05) is 12.1 Å². The van der Waals surface area contributed by atoms with Gasteiger partial charge in [-0.3, -0.25) is 0 Å². The summed E-state index contributed by atoms with van der Waals surface area (Å²) in [6.45, 7) is -3.24. The quantitative estimate of drug-likeness (QED) is 0.0379. The van der Waals surface area contributed by atoms with Gasteiger partial charge in [-0.15, -0.1) is 0 Å². The van der Waals surface area contributed by atoms with Crippen molar-refractivity contribution < 1.29 is 95.2 Å². The Morgan fingerprint density at radius 3 is 1.82 bits per heavy atom. The Hall–Kier alpha value is -5.35. The largest absolute Gasteiger partial charge is 0.508 e. The van der Waals surface area contributed by atoms with Crippen molar-refractivity contribution in [2.75, 3.05) is 26.4 Å². The minimum absolute atomic E-state index is 0.0168. The highest BCUT2D eigenvalue weighted by molar-refractivity contribution is 5.87. The molecular weight excluding hydrogens is 736 g/mol. The van der Waals surface area contributed by atoms with E-state index in [9.17, 15) is 71.2 Å². The zero-order valence-electron chi connectivity index (χ0n) is 28.7. The van der Waals surface area contributed by atoms with Crippen LogP contribution in [0.2, 0.25) is 0 Å². The smallest absolute Gasteiger partial charge is 0.330 e. The van der Waals surface area contributed by atoms with Crippen LogP contribution in [0, 0.1) is 0 Å². The molecule has 0 aromatic heterocycles.